The van der Waals surface area contributed by atoms with Crippen LogP contribution in [0.25, 0.3) is 0 Å². The predicted octanol–water partition coefficient (Wildman–Crippen LogP) is 3.78. The van der Waals surface area contributed by atoms with Gasteiger partial charge in [0.25, 0.3) is 5.91 Å². The molecule has 0 radical (unpaired) electrons. The second-order valence-electron chi connectivity index (χ2n) is 5.73. The van der Waals surface area contributed by atoms with Gasteiger partial charge in [0.1, 0.15) is 0 Å². The van der Waals surface area contributed by atoms with E-state index < -0.39 is 0 Å². The number of benzene rings is 2. The van der Waals surface area contributed by atoms with Gasteiger partial charge in [0.15, 0.2) is 18.1 Å². The average Bonchev–Trinajstić information content (AvgIpc) is 2.69. The quantitative estimate of drug-likeness (QED) is 0.511. The Bertz CT molecular complexity index is 744. The first-order valence-corrected chi connectivity index (χ1v) is 9.19. The number of likely N-dealkylation sites (N-methyl/N-ethyl adjacent to an activating group) is 1. The number of ether oxygens (including phenoxy) is 2. The monoisotopic (exact) mass is 369 g/mol. The van der Waals surface area contributed by atoms with Gasteiger partial charge < -0.3 is 14.4 Å². The molecule has 2 aromatic rings. The van der Waals surface area contributed by atoms with Crippen LogP contribution >= 0.6 is 0 Å². The van der Waals surface area contributed by atoms with Crippen LogP contribution in [0.1, 0.15) is 26.3 Å². The Kier molecular flexibility index (Phi) is 8.16. The van der Waals surface area contributed by atoms with Gasteiger partial charge in [-0.2, -0.15) is 5.10 Å². The van der Waals surface area contributed by atoms with E-state index in [2.05, 4.69) is 10.5 Å². The molecule has 0 aliphatic carbocycles. The van der Waals surface area contributed by atoms with Crippen molar-refractivity contribution in [2.75, 3.05) is 31.7 Å². The molecule has 0 unspecified atom stereocenters. The van der Waals surface area contributed by atoms with Crippen LogP contribution in [0.4, 0.5) is 5.69 Å². The highest BCUT2D eigenvalue weighted by atomic mass is 16.5. The van der Waals surface area contributed by atoms with Crippen molar-refractivity contribution in [3.63, 3.8) is 0 Å². The molecule has 27 heavy (non-hydrogen) atoms. The Morgan fingerprint density at radius 1 is 1.04 bits per heavy atom. The zero-order valence-corrected chi connectivity index (χ0v) is 16.1. The number of carbonyl (C=O) groups is 1. The summed E-state index contributed by atoms with van der Waals surface area (Å²) in [6.45, 7) is 7.63. The van der Waals surface area contributed by atoms with E-state index >= 15 is 0 Å². The number of anilines is 1. The van der Waals surface area contributed by atoms with Crippen LogP contribution in [-0.4, -0.2) is 43.3 Å². The molecule has 1 amide bonds. The van der Waals surface area contributed by atoms with Gasteiger partial charge in [-0.3, -0.25) is 10.2 Å². The first-order valence-electron chi connectivity index (χ1n) is 9.19. The molecule has 2 rings (SSSR count). The standard InChI is InChI=1S/C21H27N3O3/c1-4-24(5-2)21(25)16-27-19-13-12-17(14-20(19)26-6-3)15-22-23-18-10-8-7-9-11-18/h7-15,23H,4-6,16H2,1-3H3/b22-15+. The summed E-state index contributed by atoms with van der Waals surface area (Å²) in [5, 5.41) is 4.23. The normalized spacial score (nSPS) is 10.6. The number of para-hydroxylation sites is 1. The van der Waals surface area contributed by atoms with E-state index in [0.717, 1.165) is 11.3 Å². The van der Waals surface area contributed by atoms with Crippen molar-refractivity contribution in [3.8, 4) is 11.5 Å². The van der Waals surface area contributed by atoms with Crippen molar-refractivity contribution in [2.24, 2.45) is 5.10 Å². The van der Waals surface area contributed by atoms with E-state index in [0.29, 0.717) is 31.2 Å². The highest BCUT2D eigenvalue weighted by Gasteiger charge is 2.12. The largest absolute Gasteiger partial charge is 0.490 e. The van der Waals surface area contributed by atoms with Crippen LogP contribution in [0.3, 0.4) is 0 Å². The Balaban J connectivity index is 2.03. The minimum absolute atomic E-state index is 0.00917. The third-order valence-corrected chi connectivity index (χ3v) is 3.92. The van der Waals surface area contributed by atoms with E-state index in [1.54, 1.807) is 17.2 Å². The Morgan fingerprint density at radius 2 is 1.78 bits per heavy atom. The molecule has 0 saturated carbocycles. The van der Waals surface area contributed by atoms with Crippen molar-refractivity contribution >= 4 is 17.8 Å². The Hall–Kier alpha value is -3.02. The maximum absolute atomic E-state index is 12.1. The molecule has 0 aliphatic heterocycles. The number of amides is 1. The highest BCUT2D eigenvalue weighted by Crippen LogP contribution is 2.28. The maximum atomic E-state index is 12.1. The fraction of sp³-hybridized carbons (Fsp3) is 0.333. The molecular formula is C21H27N3O3. The Morgan fingerprint density at radius 3 is 2.44 bits per heavy atom. The lowest BCUT2D eigenvalue weighted by Crippen LogP contribution is -2.34. The lowest BCUT2D eigenvalue weighted by molar-refractivity contribution is -0.132. The molecule has 0 saturated heterocycles. The molecule has 0 atom stereocenters. The number of nitrogens with one attached hydrogen (secondary N) is 1. The summed E-state index contributed by atoms with van der Waals surface area (Å²) < 4.78 is 11.3. The van der Waals surface area contributed by atoms with Gasteiger partial charge in [0.05, 0.1) is 18.5 Å². The SMILES string of the molecule is CCOc1cc(/C=N/Nc2ccccc2)ccc1OCC(=O)N(CC)CC. The number of hydrogen-bond acceptors (Lipinski definition) is 5. The first kappa shape index (κ1) is 20.3. The second-order valence-corrected chi connectivity index (χ2v) is 5.73. The van der Waals surface area contributed by atoms with Crippen molar-refractivity contribution in [1.82, 2.24) is 4.90 Å². The Labute approximate surface area is 160 Å². The number of nitrogens with zero attached hydrogens (tertiary/aromatic N) is 2. The molecule has 0 aromatic heterocycles. The third-order valence-electron chi connectivity index (χ3n) is 3.92. The molecule has 1 N–H and O–H groups in total. The van der Waals surface area contributed by atoms with Gasteiger partial charge in [-0.15, -0.1) is 0 Å². The van der Waals surface area contributed by atoms with E-state index in [1.807, 2.05) is 63.2 Å². The third kappa shape index (κ3) is 6.33. The van der Waals surface area contributed by atoms with E-state index in [4.69, 9.17) is 9.47 Å². The minimum Gasteiger partial charge on any atom is -0.490 e. The van der Waals surface area contributed by atoms with Crippen LogP contribution in [-0.2, 0) is 4.79 Å². The smallest absolute Gasteiger partial charge is 0.260 e. The summed E-state index contributed by atoms with van der Waals surface area (Å²) in [4.78, 5) is 13.9. The summed E-state index contributed by atoms with van der Waals surface area (Å²) >= 11 is 0. The number of hydrazone groups is 1. The van der Waals surface area contributed by atoms with E-state index in [9.17, 15) is 4.79 Å². The summed E-state index contributed by atoms with van der Waals surface area (Å²) in [5.74, 6) is 1.10. The zero-order chi connectivity index (χ0) is 19.5. The lowest BCUT2D eigenvalue weighted by Gasteiger charge is -2.19. The van der Waals surface area contributed by atoms with Crippen molar-refractivity contribution in [3.05, 3.63) is 54.1 Å². The molecule has 0 fully saturated rings. The molecule has 6 nitrogen and oxygen atoms in total. The molecule has 2 aromatic carbocycles. The number of rotatable bonds is 10. The maximum Gasteiger partial charge on any atom is 0.260 e. The van der Waals surface area contributed by atoms with Gasteiger partial charge in [-0.25, -0.2) is 0 Å². The fourth-order valence-corrected chi connectivity index (χ4v) is 2.49. The van der Waals surface area contributed by atoms with Crippen LogP contribution in [0.5, 0.6) is 11.5 Å². The average molecular weight is 369 g/mol. The number of carbonyl (C=O) groups excluding carboxylic acids is 1. The first-order chi connectivity index (χ1) is 13.2. The number of hydrogen-bond donors (Lipinski definition) is 1. The molecule has 0 bridgehead atoms. The van der Waals surface area contributed by atoms with Crippen LogP contribution < -0.4 is 14.9 Å². The molecule has 6 heteroatoms. The summed E-state index contributed by atoms with van der Waals surface area (Å²) in [7, 11) is 0. The van der Waals surface area contributed by atoms with Crippen LogP contribution in [0.15, 0.2) is 53.6 Å². The predicted molar refractivity (Wildman–Crippen MR) is 109 cm³/mol. The minimum atomic E-state index is -0.0415. The van der Waals surface area contributed by atoms with Gasteiger partial charge in [0, 0.05) is 13.1 Å². The van der Waals surface area contributed by atoms with E-state index in [1.165, 1.54) is 0 Å². The van der Waals surface area contributed by atoms with Gasteiger partial charge in [0.2, 0.25) is 0 Å². The molecule has 0 aliphatic rings. The van der Waals surface area contributed by atoms with Gasteiger partial charge in [-0.05, 0) is 56.7 Å². The zero-order valence-electron chi connectivity index (χ0n) is 16.1. The van der Waals surface area contributed by atoms with Crippen molar-refractivity contribution in [1.29, 1.82) is 0 Å². The second kappa shape index (κ2) is 10.9. The molecule has 144 valence electrons. The summed E-state index contributed by atoms with van der Waals surface area (Å²) in [6.07, 6.45) is 1.71. The fourth-order valence-electron chi connectivity index (χ4n) is 2.49. The summed E-state index contributed by atoms with van der Waals surface area (Å²) in [6, 6.07) is 15.2. The lowest BCUT2D eigenvalue weighted by atomic mass is 10.2. The molecular weight excluding hydrogens is 342 g/mol. The van der Waals surface area contributed by atoms with E-state index in [-0.39, 0.29) is 12.5 Å². The van der Waals surface area contributed by atoms with Crippen LogP contribution in [0, 0.1) is 0 Å². The van der Waals surface area contributed by atoms with Gasteiger partial charge in [-0.1, -0.05) is 18.2 Å². The van der Waals surface area contributed by atoms with Crippen LogP contribution in [0.2, 0.25) is 0 Å². The molecule has 0 spiro atoms. The van der Waals surface area contributed by atoms with Crippen molar-refractivity contribution in [2.45, 2.75) is 20.8 Å². The topological polar surface area (TPSA) is 63.2 Å². The van der Waals surface area contributed by atoms with Crippen molar-refractivity contribution < 1.29 is 14.3 Å². The van der Waals surface area contributed by atoms with Gasteiger partial charge >= 0.3 is 0 Å². The molecule has 0 heterocycles. The highest BCUT2D eigenvalue weighted by molar-refractivity contribution is 5.82. The summed E-state index contributed by atoms with van der Waals surface area (Å²) in [5.41, 5.74) is 4.75.